The van der Waals surface area contributed by atoms with E-state index in [-0.39, 0.29) is 5.56 Å². The van der Waals surface area contributed by atoms with Crippen LogP contribution in [0.25, 0.3) is 0 Å². The van der Waals surface area contributed by atoms with Crippen LogP contribution in [0.4, 0.5) is 13.2 Å². The first-order chi connectivity index (χ1) is 10.3. The summed E-state index contributed by atoms with van der Waals surface area (Å²) in [5.74, 6) is -2.83. The number of ether oxygens (including phenoxy) is 2. The lowest BCUT2D eigenvalue weighted by molar-refractivity contribution is -0.189. The van der Waals surface area contributed by atoms with E-state index < -0.39 is 50.0 Å². The van der Waals surface area contributed by atoms with Crippen molar-refractivity contribution in [3.63, 3.8) is 0 Å². The van der Waals surface area contributed by atoms with E-state index in [0.29, 0.717) is 6.92 Å². The quantitative estimate of drug-likeness (QED) is 0.872. The van der Waals surface area contributed by atoms with Crippen molar-refractivity contribution in [3.8, 4) is 11.5 Å². The first kappa shape index (κ1) is 19.1. The number of sulfone groups is 1. The zero-order valence-corrected chi connectivity index (χ0v) is 13.5. The van der Waals surface area contributed by atoms with Gasteiger partial charge in [0.15, 0.2) is 21.7 Å². The van der Waals surface area contributed by atoms with Crippen LogP contribution < -0.4 is 9.47 Å². The molecule has 0 saturated heterocycles. The SMILES string of the molecule is COc1c(S(C)(=O)=O)cc(C)c(OC(C)C(F)(F)F)c1C(=O)O. The summed E-state index contributed by atoms with van der Waals surface area (Å²) in [5.41, 5.74) is -0.844. The average molecular weight is 356 g/mol. The second kappa shape index (κ2) is 6.26. The number of halogens is 3. The third kappa shape index (κ3) is 4.06. The van der Waals surface area contributed by atoms with Crippen LogP contribution in [-0.2, 0) is 9.84 Å². The van der Waals surface area contributed by atoms with E-state index >= 15 is 0 Å². The van der Waals surface area contributed by atoms with Gasteiger partial charge < -0.3 is 14.6 Å². The van der Waals surface area contributed by atoms with Gasteiger partial charge in [0.1, 0.15) is 16.2 Å². The van der Waals surface area contributed by atoms with E-state index in [1.165, 1.54) is 6.92 Å². The van der Waals surface area contributed by atoms with Gasteiger partial charge in [-0.3, -0.25) is 0 Å². The van der Waals surface area contributed by atoms with Crippen molar-refractivity contribution in [2.45, 2.75) is 31.0 Å². The van der Waals surface area contributed by atoms with Gasteiger partial charge in [-0.25, -0.2) is 13.2 Å². The Morgan fingerprint density at radius 1 is 1.30 bits per heavy atom. The maximum absolute atomic E-state index is 12.7. The molecule has 130 valence electrons. The lowest BCUT2D eigenvalue weighted by Gasteiger charge is -2.22. The van der Waals surface area contributed by atoms with Gasteiger partial charge in [-0.05, 0) is 25.5 Å². The lowest BCUT2D eigenvalue weighted by atomic mass is 10.1. The van der Waals surface area contributed by atoms with Gasteiger partial charge in [-0.15, -0.1) is 0 Å². The molecule has 10 heteroatoms. The third-order valence-corrected chi connectivity index (χ3v) is 4.06. The Morgan fingerprint density at radius 2 is 1.83 bits per heavy atom. The molecule has 0 radical (unpaired) electrons. The molecule has 0 saturated carbocycles. The predicted molar refractivity (Wildman–Crippen MR) is 73.9 cm³/mol. The van der Waals surface area contributed by atoms with E-state index in [1.54, 1.807) is 0 Å². The third-order valence-electron chi connectivity index (χ3n) is 2.96. The Balaban J connectivity index is 3.69. The summed E-state index contributed by atoms with van der Waals surface area (Å²) in [6.07, 6.45) is -6.17. The zero-order chi connectivity index (χ0) is 18.2. The molecule has 1 rings (SSSR count). The summed E-state index contributed by atoms with van der Waals surface area (Å²) in [6.45, 7) is 1.96. The van der Waals surface area contributed by atoms with Crippen LogP contribution in [0.5, 0.6) is 11.5 Å². The molecule has 0 spiro atoms. The summed E-state index contributed by atoms with van der Waals surface area (Å²) in [4.78, 5) is 11.0. The first-order valence-corrected chi connectivity index (χ1v) is 8.08. The number of carboxylic acid groups (broad SMARTS) is 1. The molecule has 6 nitrogen and oxygen atoms in total. The minimum Gasteiger partial charge on any atom is -0.494 e. The number of hydrogen-bond donors (Lipinski definition) is 1. The fourth-order valence-electron chi connectivity index (χ4n) is 1.82. The smallest absolute Gasteiger partial charge is 0.425 e. The summed E-state index contributed by atoms with van der Waals surface area (Å²) in [6, 6.07) is 1.01. The fraction of sp³-hybridized carbons (Fsp3) is 0.462. The van der Waals surface area contributed by atoms with Crippen LogP contribution >= 0.6 is 0 Å². The molecule has 0 bridgehead atoms. The minimum atomic E-state index is -4.72. The number of hydrogen-bond acceptors (Lipinski definition) is 5. The molecule has 23 heavy (non-hydrogen) atoms. The molecule has 0 aromatic heterocycles. The van der Waals surface area contributed by atoms with Gasteiger partial charge >= 0.3 is 12.1 Å². The van der Waals surface area contributed by atoms with E-state index in [2.05, 4.69) is 0 Å². The number of carbonyl (C=O) groups is 1. The van der Waals surface area contributed by atoms with Gasteiger partial charge in [-0.1, -0.05) is 0 Å². The van der Waals surface area contributed by atoms with Crippen molar-refractivity contribution < 1.29 is 41.0 Å². The standard InChI is InChI=1S/C13H15F3O6S/c1-6-5-8(23(4,19)20)11(21-3)9(12(17)18)10(6)22-7(2)13(14,15)16/h5,7H,1-4H3,(H,17,18). The Hall–Kier alpha value is -1.97. The lowest BCUT2D eigenvalue weighted by Crippen LogP contribution is -2.32. The molecular weight excluding hydrogens is 341 g/mol. The largest absolute Gasteiger partial charge is 0.494 e. The molecule has 1 atom stereocenters. The maximum atomic E-state index is 12.7. The monoisotopic (exact) mass is 356 g/mol. The van der Waals surface area contributed by atoms with Gasteiger partial charge in [0.2, 0.25) is 0 Å². The topological polar surface area (TPSA) is 89.9 Å². The van der Waals surface area contributed by atoms with E-state index in [0.717, 1.165) is 19.4 Å². The highest BCUT2D eigenvalue weighted by atomic mass is 32.2. The Bertz CT molecular complexity index is 724. The number of rotatable bonds is 5. The summed E-state index contributed by atoms with van der Waals surface area (Å²) < 4.78 is 71.0. The highest BCUT2D eigenvalue weighted by molar-refractivity contribution is 7.90. The van der Waals surface area contributed by atoms with Crippen LogP contribution in [0.15, 0.2) is 11.0 Å². The Labute approximate surface area is 130 Å². The number of aryl methyl sites for hydroxylation is 1. The van der Waals surface area contributed by atoms with Crippen molar-refractivity contribution in [1.82, 2.24) is 0 Å². The zero-order valence-electron chi connectivity index (χ0n) is 12.7. The highest BCUT2D eigenvalue weighted by Gasteiger charge is 2.40. The van der Waals surface area contributed by atoms with Crippen LogP contribution in [0.2, 0.25) is 0 Å². The van der Waals surface area contributed by atoms with Gasteiger partial charge in [-0.2, -0.15) is 13.2 Å². The molecule has 1 aromatic rings. The molecule has 0 aliphatic carbocycles. The van der Waals surface area contributed by atoms with Crippen molar-refractivity contribution in [2.24, 2.45) is 0 Å². The number of aromatic carboxylic acids is 1. The number of benzene rings is 1. The first-order valence-electron chi connectivity index (χ1n) is 6.19. The fourth-order valence-corrected chi connectivity index (χ4v) is 2.73. The Morgan fingerprint density at radius 3 is 2.17 bits per heavy atom. The Kier molecular flexibility index (Phi) is 5.20. The molecule has 0 aliphatic rings. The van der Waals surface area contributed by atoms with Crippen molar-refractivity contribution in [1.29, 1.82) is 0 Å². The summed E-state index contributed by atoms with van der Waals surface area (Å²) in [7, 11) is -2.85. The number of methoxy groups -OCH3 is 1. The molecule has 0 heterocycles. The second-order valence-corrected chi connectivity index (χ2v) is 6.79. The summed E-state index contributed by atoms with van der Waals surface area (Å²) >= 11 is 0. The van der Waals surface area contributed by atoms with Gasteiger partial charge in [0, 0.05) is 6.26 Å². The molecule has 1 aromatic carbocycles. The van der Waals surface area contributed by atoms with Crippen LogP contribution in [0.3, 0.4) is 0 Å². The molecular formula is C13H15F3O6S. The minimum absolute atomic E-state index is 0.0697. The van der Waals surface area contributed by atoms with Gasteiger partial charge in [0.25, 0.3) is 0 Å². The molecule has 1 N–H and O–H groups in total. The number of carboxylic acids is 1. The highest BCUT2D eigenvalue weighted by Crippen LogP contribution is 2.39. The summed E-state index contributed by atoms with van der Waals surface area (Å²) in [5, 5.41) is 9.27. The molecule has 1 unspecified atom stereocenters. The van der Waals surface area contributed by atoms with Crippen LogP contribution in [0.1, 0.15) is 22.8 Å². The van der Waals surface area contributed by atoms with E-state index in [1.807, 2.05) is 0 Å². The maximum Gasteiger partial charge on any atom is 0.425 e. The average Bonchev–Trinajstić information content (AvgIpc) is 2.37. The normalized spacial score (nSPS) is 13.5. The van der Waals surface area contributed by atoms with Crippen LogP contribution in [0, 0.1) is 6.92 Å². The molecule has 0 aliphatic heterocycles. The van der Waals surface area contributed by atoms with Crippen LogP contribution in [-0.4, -0.2) is 45.1 Å². The molecule has 0 fully saturated rings. The van der Waals surface area contributed by atoms with Crippen molar-refractivity contribution >= 4 is 15.8 Å². The van der Waals surface area contributed by atoms with E-state index in [9.17, 15) is 31.5 Å². The van der Waals surface area contributed by atoms with Gasteiger partial charge in [0.05, 0.1) is 7.11 Å². The second-order valence-electron chi connectivity index (χ2n) is 4.81. The van der Waals surface area contributed by atoms with Crippen molar-refractivity contribution in [3.05, 3.63) is 17.2 Å². The van der Waals surface area contributed by atoms with Crippen molar-refractivity contribution in [2.75, 3.05) is 13.4 Å². The number of alkyl halides is 3. The predicted octanol–water partition coefficient (Wildman–Crippen LogP) is 2.43. The van der Waals surface area contributed by atoms with E-state index in [4.69, 9.17) is 9.47 Å². The molecule has 0 amide bonds.